The van der Waals surface area contributed by atoms with Crippen LogP contribution in [0.2, 0.25) is 0 Å². The zero-order chi connectivity index (χ0) is 18.4. The van der Waals surface area contributed by atoms with Crippen molar-refractivity contribution in [3.63, 3.8) is 0 Å². The first kappa shape index (κ1) is 18.4. The molecule has 1 N–H and O–H groups in total. The van der Waals surface area contributed by atoms with E-state index in [0.717, 1.165) is 0 Å². The molecule has 6 heteroatoms. The van der Waals surface area contributed by atoms with Crippen LogP contribution in [0, 0.1) is 5.82 Å². The van der Waals surface area contributed by atoms with Crippen molar-refractivity contribution in [3.8, 4) is 5.75 Å². The van der Waals surface area contributed by atoms with Crippen LogP contribution in [0.4, 0.5) is 4.39 Å². The standard InChI is InChI=1S/C19H21FN2O3/c1-13(21-18(23)15-7-5-4-6-8-15)19(24)22(2)12-14-9-10-17(25-3)16(20)11-14/h4-11,13H,12H2,1-3H3,(H,21,23). The average molecular weight is 344 g/mol. The first-order valence-electron chi connectivity index (χ1n) is 7.85. The van der Waals surface area contributed by atoms with Gasteiger partial charge in [0.1, 0.15) is 6.04 Å². The summed E-state index contributed by atoms with van der Waals surface area (Å²) in [6.07, 6.45) is 0. The molecule has 0 saturated heterocycles. The first-order chi connectivity index (χ1) is 11.9. The molecule has 2 rings (SSSR count). The minimum atomic E-state index is -0.694. The fourth-order valence-electron chi connectivity index (χ4n) is 2.42. The highest BCUT2D eigenvalue weighted by Gasteiger charge is 2.20. The number of ether oxygens (including phenoxy) is 1. The molecule has 25 heavy (non-hydrogen) atoms. The lowest BCUT2D eigenvalue weighted by atomic mass is 10.1. The highest BCUT2D eigenvalue weighted by atomic mass is 19.1. The van der Waals surface area contributed by atoms with E-state index in [1.54, 1.807) is 44.3 Å². The summed E-state index contributed by atoms with van der Waals surface area (Å²) in [7, 11) is 3.00. The summed E-state index contributed by atoms with van der Waals surface area (Å²) in [5, 5.41) is 2.67. The monoisotopic (exact) mass is 344 g/mol. The second kappa shape index (κ2) is 8.28. The molecule has 2 amide bonds. The van der Waals surface area contributed by atoms with Crippen LogP contribution in [-0.4, -0.2) is 36.9 Å². The zero-order valence-electron chi connectivity index (χ0n) is 14.5. The highest BCUT2D eigenvalue weighted by Crippen LogP contribution is 2.18. The Labute approximate surface area is 146 Å². The van der Waals surface area contributed by atoms with E-state index in [1.165, 1.54) is 24.1 Å². The lowest BCUT2D eigenvalue weighted by Gasteiger charge is -2.22. The number of carbonyl (C=O) groups excluding carboxylic acids is 2. The molecule has 0 fully saturated rings. The molecule has 0 radical (unpaired) electrons. The maximum Gasteiger partial charge on any atom is 0.251 e. The number of halogens is 1. The van der Waals surface area contributed by atoms with Crippen LogP contribution in [0.25, 0.3) is 0 Å². The molecule has 0 heterocycles. The molecule has 5 nitrogen and oxygen atoms in total. The normalized spacial score (nSPS) is 11.5. The first-order valence-corrected chi connectivity index (χ1v) is 7.85. The Hall–Kier alpha value is -2.89. The van der Waals surface area contributed by atoms with Crippen molar-refractivity contribution >= 4 is 11.8 Å². The molecule has 2 aromatic carbocycles. The summed E-state index contributed by atoms with van der Waals surface area (Å²) < 4.78 is 18.6. The van der Waals surface area contributed by atoms with Gasteiger partial charge < -0.3 is 15.0 Å². The van der Waals surface area contributed by atoms with Crippen molar-refractivity contribution < 1.29 is 18.7 Å². The molecule has 0 saturated carbocycles. The molecule has 1 atom stereocenters. The van der Waals surface area contributed by atoms with Gasteiger partial charge in [0.2, 0.25) is 5.91 Å². The fraction of sp³-hybridized carbons (Fsp3) is 0.263. The largest absolute Gasteiger partial charge is 0.494 e. The number of amides is 2. The number of likely N-dealkylation sites (N-methyl/N-ethyl adjacent to an activating group) is 1. The average Bonchev–Trinajstić information content (AvgIpc) is 2.61. The van der Waals surface area contributed by atoms with Gasteiger partial charge in [-0.25, -0.2) is 4.39 Å². The topological polar surface area (TPSA) is 58.6 Å². The smallest absolute Gasteiger partial charge is 0.251 e. The van der Waals surface area contributed by atoms with Gasteiger partial charge in [0.15, 0.2) is 11.6 Å². The molecule has 0 aliphatic carbocycles. The Morgan fingerprint density at radius 2 is 1.88 bits per heavy atom. The summed E-state index contributed by atoms with van der Waals surface area (Å²) in [6, 6.07) is 12.5. The summed E-state index contributed by atoms with van der Waals surface area (Å²) in [4.78, 5) is 26.0. The van der Waals surface area contributed by atoms with Gasteiger partial charge in [-0.2, -0.15) is 0 Å². The second-order valence-electron chi connectivity index (χ2n) is 5.72. The van der Waals surface area contributed by atoms with E-state index in [9.17, 15) is 14.0 Å². The predicted molar refractivity (Wildman–Crippen MR) is 92.8 cm³/mol. The Bertz CT molecular complexity index is 750. The van der Waals surface area contributed by atoms with E-state index in [0.29, 0.717) is 11.1 Å². The van der Waals surface area contributed by atoms with Gasteiger partial charge in [0.05, 0.1) is 7.11 Å². The van der Waals surface area contributed by atoms with Crippen LogP contribution in [0.5, 0.6) is 5.75 Å². The van der Waals surface area contributed by atoms with Crippen LogP contribution >= 0.6 is 0 Å². The molecule has 2 aromatic rings. The molecule has 0 aliphatic heterocycles. The van der Waals surface area contributed by atoms with Crippen molar-refractivity contribution in [2.24, 2.45) is 0 Å². The maximum absolute atomic E-state index is 13.7. The number of hydrogen-bond donors (Lipinski definition) is 1. The van der Waals surface area contributed by atoms with E-state index in [1.807, 2.05) is 6.07 Å². The van der Waals surface area contributed by atoms with Crippen molar-refractivity contribution in [3.05, 3.63) is 65.5 Å². The number of nitrogens with one attached hydrogen (secondary N) is 1. The predicted octanol–water partition coefficient (Wildman–Crippen LogP) is 2.61. The Morgan fingerprint density at radius 3 is 2.48 bits per heavy atom. The van der Waals surface area contributed by atoms with Crippen LogP contribution in [0.3, 0.4) is 0 Å². The summed E-state index contributed by atoms with van der Waals surface area (Å²) in [5.74, 6) is -0.904. The molecule has 0 aliphatic rings. The van der Waals surface area contributed by atoms with Crippen molar-refractivity contribution in [2.45, 2.75) is 19.5 Å². The summed E-state index contributed by atoms with van der Waals surface area (Å²) in [6.45, 7) is 1.85. The summed E-state index contributed by atoms with van der Waals surface area (Å²) >= 11 is 0. The minimum Gasteiger partial charge on any atom is -0.494 e. The van der Waals surface area contributed by atoms with Gasteiger partial charge in [-0.15, -0.1) is 0 Å². The molecule has 1 unspecified atom stereocenters. The fourth-order valence-corrected chi connectivity index (χ4v) is 2.42. The van der Waals surface area contributed by atoms with Crippen LogP contribution in [-0.2, 0) is 11.3 Å². The number of benzene rings is 2. The third-order valence-corrected chi connectivity index (χ3v) is 3.77. The van der Waals surface area contributed by atoms with Gasteiger partial charge in [0.25, 0.3) is 5.91 Å². The van der Waals surface area contributed by atoms with Gasteiger partial charge >= 0.3 is 0 Å². The third-order valence-electron chi connectivity index (χ3n) is 3.77. The molecule has 132 valence electrons. The maximum atomic E-state index is 13.7. The number of rotatable bonds is 6. The minimum absolute atomic E-state index is 0.154. The van der Waals surface area contributed by atoms with E-state index in [2.05, 4.69) is 5.32 Å². The lowest BCUT2D eigenvalue weighted by Crippen LogP contribution is -2.45. The lowest BCUT2D eigenvalue weighted by molar-refractivity contribution is -0.132. The van der Waals surface area contributed by atoms with Gasteiger partial charge in [-0.3, -0.25) is 9.59 Å². The van der Waals surface area contributed by atoms with Crippen molar-refractivity contribution in [1.29, 1.82) is 0 Å². The molecule has 0 bridgehead atoms. The number of hydrogen-bond acceptors (Lipinski definition) is 3. The number of nitrogens with zero attached hydrogens (tertiary/aromatic N) is 1. The van der Waals surface area contributed by atoms with Crippen LogP contribution < -0.4 is 10.1 Å². The van der Waals surface area contributed by atoms with Gasteiger partial charge in [-0.05, 0) is 36.8 Å². The molecule has 0 spiro atoms. The number of methoxy groups -OCH3 is 1. The molecular weight excluding hydrogens is 323 g/mol. The Balaban J connectivity index is 1.97. The van der Waals surface area contributed by atoms with Gasteiger partial charge in [0, 0.05) is 19.2 Å². The highest BCUT2D eigenvalue weighted by molar-refractivity contribution is 5.97. The van der Waals surface area contributed by atoms with Crippen molar-refractivity contribution in [1.82, 2.24) is 10.2 Å². The quantitative estimate of drug-likeness (QED) is 0.876. The van der Waals surface area contributed by atoms with E-state index >= 15 is 0 Å². The van der Waals surface area contributed by atoms with Gasteiger partial charge in [-0.1, -0.05) is 24.3 Å². The van der Waals surface area contributed by atoms with E-state index < -0.39 is 11.9 Å². The Kier molecular flexibility index (Phi) is 6.11. The summed E-state index contributed by atoms with van der Waals surface area (Å²) in [5.41, 5.74) is 1.12. The van der Waals surface area contributed by atoms with Crippen LogP contribution in [0.1, 0.15) is 22.8 Å². The SMILES string of the molecule is COc1ccc(CN(C)C(=O)C(C)NC(=O)c2ccccc2)cc1F. The van der Waals surface area contributed by atoms with Crippen LogP contribution in [0.15, 0.2) is 48.5 Å². The molecule has 0 aromatic heterocycles. The molecular formula is C19H21FN2O3. The second-order valence-corrected chi connectivity index (χ2v) is 5.72. The third kappa shape index (κ3) is 4.79. The van der Waals surface area contributed by atoms with E-state index in [-0.39, 0.29) is 24.1 Å². The van der Waals surface area contributed by atoms with E-state index in [4.69, 9.17) is 4.74 Å². The number of carbonyl (C=O) groups is 2. The van der Waals surface area contributed by atoms with Crippen molar-refractivity contribution in [2.75, 3.05) is 14.2 Å². The zero-order valence-corrected chi connectivity index (χ0v) is 14.5. The Morgan fingerprint density at radius 1 is 1.20 bits per heavy atom.